The van der Waals surface area contributed by atoms with E-state index in [9.17, 15) is 22.8 Å². The highest BCUT2D eigenvalue weighted by atomic mass is 19.4. The van der Waals surface area contributed by atoms with Crippen molar-refractivity contribution in [1.29, 1.82) is 0 Å². The molecule has 5 nitrogen and oxygen atoms in total. The lowest BCUT2D eigenvalue weighted by molar-refractivity contribution is -0.167. The van der Waals surface area contributed by atoms with Crippen molar-refractivity contribution in [1.82, 2.24) is 4.90 Å². The Labute approximate surface area is 84.0 Å². The second-order valence-corrected chi connectivity index (χ2v) is 2.98. The highest BCUT2D eigenvalue weighted by molar-refractivity contribution is 5.82. The van der Waals surface area contributed by atoms with E-state index in [4.69, 9.17) is 0 Å². The average Bonchev–Trinajstić information content (AvgIpc) is 1.97. The minimum atomic E-state index is -4.61. The molecule has 0 radical (unpaired) electrons. The molecule has 0 aliphatic heterocycles. The second kappa shape index (κ2) is 4.85. The Bertz CT molecular complexity index is 252. The molecule has 0 aromatic rings. The third-order valence-corrected chi connectivity index (χ3v) is 1.39. The summed E-state index contributed by atoms with van der Waals surface area (Å²) < 4.78 is 40.0. The van der Waals surface area contributed by atoms with Gasteiger partial charge in [0.25, 0.3) is 5.91 Å². The van der Waals surface area contributed by atoms with Crippen molar-refractivity contribution in [3.63, 3.8) is 0 Å². The molecule has 0 bridgehead atoms. The molecule has 15 heavy (non-hydrogen) atoms. The van der Waals surface area contributed by atoms with Crippen LogP contribution < -0.4 is 5.73 Å². The fourth-order valence-electron chi connectivity index (χ4n) is 0.818. The molecule has 0 fully saturated rings. The predicted molar refractivity (Wildman–Crippen MR) is 43.8 cm³/mol. The first-order valence-corrected chi connectivity index (χ1v) is 3.87. The van der Waals surface area contributed by atoms with Crippen LogP contribution in [0.3, 0.4) is 0 Å². The Morgan fingerprint density at radius 1 is 1.40 bits per heavy atom. The predicted octanol–water partition coefficient (Wildman–Crippen LogP) is 0.491. The summed E-state index contributed by atoms with van der Waals surface area (Å²) in [5.74, 6) is -0.967. The van der Waals surface area contributed by atoms with E-state index in [1.807, 2.05) is 0 Å². The summed E-state index contributed by atoms with van der Waals surface area (Å²) in [6.07, 6.45) is -9.49. The zero-order valence-electron chi connectivity index (χ0n) is 8.17. The van der Waals surface area contributed by atoms with Gasteiger partial charge in [0.15, 0.2) is 6.10 Å². The number of carbonyl (C=O) groups is 2. The summed E-state index contributed by atoms with van der Waals surface area (Å²) in [5.41, 5.74) is 4.55. The number of hydrogen-bond donors (Lipinski definition) is 1. The van der Waals surface area contributed by atoms with Crippen molar-refractivity contribution in [3.05, 3.63) is 0 Å². The molecule has 0 spiro atoms. The molecule has 0 saturated carbocycles. The van der Waals surface area contributed by atoms with Gasteiger partial charge in [0, 0.05) is 14.1 Å². The maximum atomic E-state index is 12.0. The fourth-order valence-corrected chi connectivity index (χ4v) is 0.818. The number of ether oxygens (including phenoxy) is 1. The third-order valence-electron chi connectivity index (χ3n) is 1.39. The number of primary amides is 1. The molecule has 0 aliphatic carbocycles. The summed E-state index contributed by atoms with van der Waals surface area (Å²) in [6, 6.07) is 0. The number of alkyl halides is 3. The number of amides is 2. The fraction of sp³-hybridized carbons (Fsp3) is 0.714. The molecule has 0 rings (SSSR count). The number of halogens is 3. The zero-order valence-corrected chi connectivity index (χ0v) is 8.17. The minimum absolute atomic E-state index is 0.888. The molecule has 0 aromatic carbocycles. The first-order chi connectivity index (χ1) is 6.63. The maximum Gasteiger partial charge on any atom is 0.405 e. The molecule has 8 heteroatoms. The van der Waals surface area contributed by atoms with Crippen LogP contribution in [0, 0.1) is 0 Å². The van der Waals surface area contributed by atoms with Gasteiger partial charge in [-0.3, -0.25) is 4.79 Å². The van der Waals surface area contributed by atoms with Gasteiger partial charge in [-0.05, 0) is 0 Å². The number of rotatable bonds is 3. The summed E-state index contributed by atoms with van der Waals surface area (Å²) in [5, 5.41) is 0. The van der Waals surface area contributed by atoms with Gasteiger partial charge in [-0.15, -0.1) is 0 Å². The summed E-state index contributed by atoms with van der Waals surface area (Å²) in [7, 11) is 2.49. The van der Waals surface area contributed by atoms with E-state index < -0.39 is 30.7 Å². The first-order valence-electron chi connectivity index (χ1n) is 3.87. The van der Waals surface area contributed by atoms with Crippen molar-refractivity contribution in [2.24, 2.45) is 5.73 Å². The number of likely N-dealkylation sites (N-methyl/N-ethyl adjacent to an activating group) is 1. The van der Waals surface area contributed by atoms with Gasteiger partial charge in [-0.2, -0.15) is 13.2 Å². The van der Waals surface area contributed by atoms with Gasteiger partial charge in [-0.25, -0.2) is 4.79 Å². The van der Waals surface area contributed by atoms with E-state index in [1.54, 1.807) is 0 Å². The quantitative estimate of drug-likeness (QED) is 0.764. The molecule has 88 valence electrons. The molecule has 2 N–H and O–H groups in total. The molecule has 0 aromatic heterocycles. The van der Waals surface area contributed by atoms with Crippen LogP contribution in [-0.4, -0.2) is 43.3 Å². The smallest absolute Gasteiger partial charge is 0.405 e. The summed E-state index contributed by atoms with van der Waals surface area (Å²) >= 11 is 0. The monoisotopic (exact) mass is 228 g/mol. The largest absolute Gasteiger partial charge is 0.436 e. The van der Waals surface area contributed by atoms with Crippen LogP contribution in [0.25, 0.3) is 0 Å². The molecular weight excluding hydrogens is 217 g/mol. The van der Waals surface area contributed by atoms with E-state index >= 15 is 0 Å². The van der Waals surface area contributed by atoms with Crippen LogP contribution in [-0.2, 0) is 9.53 Å². The average molecular weight is 228 g/mol. The Hall–Kier alpha value is -1.47. The number of nitrogens with zero attached hydrogens (tertiary/aromatic N) is 1. The summed E-state index contributed by atoms with van der Waals surface area (Å²) in [4.78, 5) is 22.3. The summed E-state index contributed by atoms with van der Waals surface area (Å²) in [6.45, 7) is 0. The second-order valence-electron chi connectivity index (χ2n) is 2.98. The van der Waals surface area contributed by atoms with Crippen LogP contribution in [0.15, 0.2) is 0 Å². The van der Waals surface area contributed by atoms with E-state index in [2.05, 4.69) is 10.5 Å². The number of hydrogen-bond acceptors (Lipinski definition) is 3. The highest BCUT2D eigenvalue weighted by Gasteiger charge is 2.38. The third kappa shape index (κ3) is 5.76. The van der Waals surface area contributed by atoms with Crippen LogP contribution in [0.2, 0.25) is 0 Å². The van der Waals surface area contributed by atoms with Gasteiger partial charge in [0.05, 0.1) is 6.42 Å². The van der Waals surface area contributed by atoms with Crippen LogP contribution in [0.5, 0.6) is 0 Å². The van der Waals surface area contributed by atoms with Crippen LogP contribution in [0.1, 0.15) is 6.42 Å². The molecule has 0 saturated heterocycles. The van der Waals surface area contributed by atoms with Gasteiger partial charge in [0.1, 0.15) is 0 Å². The lowest BCUT2D eigenvalue weighted by Crippen LogP contribution is -2.40. The van der Waals surface area contributed by atoms with Crippen molar-refractivity contribution in [2.45, 2.75) is 18.7 Å². The number of carbonyl (C=O) groups excluding carboxylic acids is 2. The van der Waals surface area contributed by atoms with Gasteiger partial charge in [0.2, 0.25) is 0 Å². The Balaban J connectivity index is 4.59. The van der Waals surface area contributed by atoms with Gasteiger partial charge < -0.3 is 15.4 Å². The van der Waals surface area contributed by atoms with Crippen molar-refractivity contribution >= 4 is 12.0 Å². The molecule has 2 amide bonds. The highest BCUT2D eigenvalue weighted by Crippen LogP contribution is 2.23. The van der Waals surface area contributed by atoms with E-state index in [1.165, 1.54) is 14.1 Å². The van der Waals surface area contributed by atoms with Gasteiger partial charge in [-0.1, -0.05) is 0 Å². The Morgan fingerprint density at radius 2 is 1.87 bits per heavy atom. The topological polar surface area (TPSA) is 72.6 Å². The SMILES string of the molecule is CN(C)C(=O)C(CC(F)(F)F)OC(N)=O. The molecule has 1 unspecified atom stereocenters. The Kier molecular flexibility index (Phi) is 4.38. The maximum absolute atomic E-state index is 12.0. The minimum Gasteiger partial charge on any atom is -0.436 e. The van der Waals surface area contributed by atoms with E-state index in [-0.39, 0.29) is 0 Å². The molecule has 0 heterocycles. The van der Waals surface area contributed by atoms with Crippen molar-refractivity contribution in [2.75, 3.05) is 14.1 Å². The first kappa shape index (κ1) is 13.5. The molecule has 0 aliphatic rings. The van der Waals surface area contributed by atoms with Crippen molar-refractivity contribution < 1.29 is 27.5 Å². The van der Waals surface area contributed by atoms with Crippen LogP contribution >= 0.6 is 0 Å². The molecule has 1 atom stereocenters. The molecular formula is C7H11F3N2O3. The van der Waals surface area contributed by atoms with E-state index in [0.29, 0.717) is 0 Å². The number of nitrogens with two attached hydrogens (primary N) is 1. The normalized spacial score (nSPS) is 13.1. The standard InChI is InChI=1S/C7H11F3N2O3/c1-12(2)5(13)4(15-6(11)14)3-7(8,9)10/h4H,3H2,1-2H3,(H2,11,14). The van der Waals surface area contributed by atoms with Crippen molar-refractivity contribution in [3.8, 4) is 0 Å². The van der Waals surface area contributed by atoms with E-state index in [0.717, 1.165) is 4.90 Å². The lowest BCUT2D eigenvalue weighted by atomic mass is 10.2. The van der Waals surface area contributed by atoms with Crippen LogP contribution in [0.4, 0.5) is 18.0 Å². The zero-order chi connectivity index (χ0) is 12.2. The van der Waals surface area contributed by atoms with Gasteiger partial charge >= 0.3 is 12.3 Å². The lowest BCUT2D eigenvalue weighted by Gasteiger charge is -2.20. The Morgan fingerprint density at radius 3 is 2.13 bits per heavy atom.